The summed E-state index contributed by atoms with van der Waals surface area (Å²) < 4.78 is 2.58. The van der Waals surface area contributed by atoms with Crippen LogP contribution in [0.4, 0.5) is 5.82 Å². The second-order valence-corrected chi connectivity index (χ2v) is 5.88. The molecule has 0 aliphatic rings. The molecule has 8 nitrogen and oxygen atoms in total. The summed E-state index contributed by atoms with van der Waals surface area (Å²) in [6.07, 6.45) is 4.12. The third-order valence-corrected chi connectivity index (χ3v) is 4.03. The Morgan fingerprint density at radius 3 is 1.84 bits per heavy atom. The molecule has 0 radical (unpaired) electrons. The van der Waals surface area contributed by atoms with Crippen LogP contribution < -0.4 is 4.90 Å². The fourth-order valence-electron chi connectivity index (χ4n) is 2.30. The van der Waals surface area contributed by atoms with Gasteiger partial charge in [0, 0.05) is 20.3 Å². The highest BCUT2D eigenvalue weighted by Crippen LogP contribution is 2.24. The first-order valence-electron chi connectivity index (χ1n) is 7.06. The molecule has 3 rings (SSSR count). The lowest BCUT2D eigenvalue weighted by molar-refractivity contribution is 0.0886. The lowest BCUT2D eigenvalue weighted by Crippen LogP contribution is -2.40. The fraction of sp³-hybridized carbons (Fsp3) is 0.133. The number of hydrogen-bond donors (Lipinski definition) is 0. The molecule has 25 heavy (non-hydrogen) atoms. The van der Waals surface area contributed by atoms with Crippen molar-refractivity contribution < 1.29 is 9.59 Å². The molecule has 10 heteroatoms. The molecule has 128 valence electrons. The van der Waals surface area contributed by atoms with Gasteiger partial charge in [-0.05, 0) is 12.1 Å². The minimum Gasteiger partial charge on any atom is -0.266 e. The number of imide groups is 1. The molecule has 0 saturated carbocycles. The topological polar surface area (TPSA) is 85.9 Å². The molecule has 0 N–H and O–H groups in total. The van der Waals surface area contributed by atoms with Gasteiger partial charge in [-0.15, -0.1) is 0 Å². The van der Waals surface area contributed by atoms with Gasteiger partial charge in [-0.2, -0.15) is 10.2 Å². The van der Waals surface area contributed by atoms with Crippen LogP contribution in [0.25, 0.3) is 0 Å². The predicted molar refractivity (Wildman–Crippen MR) is 91.8 cm³/mol. The second kappa shape index (κ2) is 6.66. The molecule has 0 fully saturated rings. The van der Waals surface area contributed by atoms with E-state index in [4.69, 9.17) is 23.2 Å². The minimum absolute atomic E-state index is 0.0546. The summed E-state index contributed by atoms with van der Waals surface area (Å²) in [6.45, 7) is 0. The molecular formula is C15H12Cl2N6O2. The van der Waals surface area contributed by atoms with E-state index in [0.717, 1.165) is 4.90 Å². The van der Waals surface area contributed by atoms with Crippen LogP contribution in [-0.4, -0.2) is 36.4 Å². The van der Waals surface area contributed by atoms with Crippen LogP contribution in [0, 0.1) is 0 Å². The van der Waals surface area contributed by atoms with Crippen LogP contribution in [-0.2, 0) is 14.1 Å². The zero-order chi connectivity index (χ0) is 18.1. The Morgan fingerprint density at radius 1 is 0.960 bits per heavy atom. The van der Waals surface area contributed by atoms with Crippen molar-refractivity contribution in [1.29, 1.82) is 0 Å². The number of aromatic nitrogens is 5. The van der Waals surface area contributed by atoms with Crippen LogP contribution in [0.5, 0.6) is 0 Å². The van der Waals surface area contributed by atoms with E-state index in [1.807, 2.05) is 0 Å². The van der Waals surface area contributed by atoms with Gasteiger partial charge in [0.15, 0.2) is 0 Å². The van der Waals surface area contributed by atoms with Crippen molar-refractivity contribution in [2.24, 2.45) is 14.1 Å². The highest BCUT2D eigenvalue weighted by molar-refractivity contribution is 6.38. The number of nitrogens with zero attached hydrogens (tertiary/aromatic N) is 6. The number of carbonyl (C=O) groups is 2. The summed E-state index contributed by atoms with van der Waals surface area (Å²) in [5, 5.41) is 8.11. The van der Waals surface area contributed by atoms with E-state index in [-0.39, 0.29) is 27.3 Å². The molecule has 3 aromatic heterocycles. The number of aryl methyl sites for hydroxylation is 2. The summed E-state index contributed by atoms with van der Waals surface area (Å²) in [5.74, 6) is -1.22. The van der Waals surface area contributed by atoms with Crippen LogP contribution in [0.3, 0.4) is 0 Å². The molecule has 0 aromatic carbocycles. The quantitative estimate of drug-likeness (QED) is 0.652. The third kappa shape index (κ3) is 3.01. The van der Waals surface area contributed by atoms with Crippen LogP contribution in [0.2, 0.25) is 10.0 Å². The smallest absolute Gasteiger partial charge is 0.266 e. The van der Waals surface area contributed by atoms with E-state index >= 15 is 0 Å². The van der Waals surface area contributed by atoms with E-state index in [0.29, 0.717) is 0 Å². The number of anilines is 1. The van der Waals surface area contributed by atoms with Crippen LogP contribution in [0.1, 0.15) is 21.0 Å². The lowest BCUT2D eigenvalue weighted by Gasteiger charge is -2.20. The Morgan fingerprint density at radius 2 is 1.48 bits per heavy atom. The summed E-state index contributed by atoms with van der Waals surface area (Å²) in [5.41, 5.74) is 0.109. The van der Waals surface area contributed by atoms with Crippen molar-refractivity contribution in [2.75, 3.05) is 4.90 Å². The van der Waals surface area contributed by atoms with Gasteiger partial charge in [0.05, 0.1) is 22.4 Å². The van der Waals surface area contributed by atoms with Gasteiger partial charge in [-0.3, -0.25) is 19.0 Å². The van der Waals surface area contributed by atoms with E-state index in [9.17, 15) is 9.59 Å². The standard InChI is InChI=1S/C15H12Cl2N6O2/c1-21-12(9(16)7-19-21)14(24)23(11-5-3-4-6-18-11)15(25)13-10(17)8-20-22(13)2/h3-8H,1-2H3. The fourth-order valence-corrected chi connectivity index (χ4v) is 2.79. The molecule has 0 aliphatic heterocycles. The monoisotopic (exact) mass is 378 g/mol. The van der Waals surface area contributed by atoms with Gasteiger partial charge in [0.2, 0.25) is 0 Å². The Labute approximate surface area is 152 Å². The molecule has 0 atom stereocenters. The van der Waals surface area contributed by atoms with E-state index in [2.05, 4.69) is 15.2 Å². The van der Waals surface area contributed by atoms with Crippen LogP contribution in [0.15, 0.2) is 36.8 Å². The predicted octanol–water partition coefficient (Wildman–Crippen LogP) is 2.34. The number of pyridine rings is 1. The molecular weight excluding hydrogens is 367 g/mol. The van der Waals surface area contributed by atoms with Crippen molar-refractivity contribution in [3.8, 4) is 0 Å². The van der Waals surface area contributed by atoms with Gasteiger partial charge < -0.3 is 0 Å². The first-order valence-corrected chi connectivity index (χ1v) is 7.82. The minimum atomic E-state index is -0.675. The van der Waals surface area contributed by atoms with Gasteiger partial charge in [0.1, 0.15) is 17.2 Å². The van der Waals surface area contributed by atoms with E-state index in [1.54, 1.807) is 26.2 Å². The molecule has 3 aromatic rings. The molecule has 0 saturated heterocycles. The summed E-state index contributed by atoms with van der Waals surface area (Å²) in [6, 6.07) is 4.86. The van der Waals surface area contributed by atoms with Crippen molar-refractivity contribution >= 4 is 40.8 Å². The van der Waals surface area contributed by atoms with E-state index < -0.39 is 11.8 Å². The molecule has 0 bridgehead atoms. The number of amides is 2. The van der Waals surface area contributed by atoms with E-state index in [1.165, 1.54) is 34.0 Å². The zero-order valence-electron chi connectivity index (χ0n) is 13.2. The Bertz CT molecular complexity index is 853. The highest BCUT2D eigenvalue weighted by atomic mass is 35.5. The summed E-state index contributed by atoms with van der Waals surface area (Å²) in [7, 11) is 3.11. The average molecular weight is 379 g/mol. The van der Waals surface area contributed by atoms with Crippen molar-refractivity contribution in [2.45, 2.75) is 0 Å². The Hall–Kier alpha value is -2.71. The first kappa shape index (κ1) is 17.1. The Kier molecular flexibility index (Phi) is 4.56. The number of hydrogen-bond acceptors (Lipinski definition) is 5. The number of halogens is 2. The molecule has 0 aliphatic carbocycles. The molecule has 3 heterocycles. The first-order chi connectivity index (χ1) is 11.9. The van der Waals surface area contributed by atoms with Gasteiger partial charge in [0.25, 0.3) is 11.8 Å². The van der Waals surface area contributed by atoms with Gasteiger partial charge in [-0.25, -0.2) is 9.88 Å². The van der Waals surface area contributed by atoms with Gasteiger partial charge >= 0.3 is 0 Å². The largest absolute Gasteiger partial charge is 0.286 e. The molecule has 0 unspecified atom stereocenters. The maximum atomic E-state index is 13.1. The maximum absolute atomic E-state index is 13.1. The summed E-state index contributed by atoms with van der Waals surface area (Å²) >= 11 is 12.1. The Balaban J connectivity index is 2.15. The maximum Gasteiger partial charge on any atom is 0.286 e. The second-order valence-electron chi connectivity index (χ2n) is 5.06. The normalized spacial score (nSPS) is 10.7. The van der Waals surface area contributed by atoms with Crippen LogP contribution >= 0.6 is 23.2 Å². The van der Waals surface area contributed by atoms with Crippen molar-refractivity contribution in [3.63, 3.8) is 0 Å². The number of rotatable bonds is 3. The van der Waals surface area contributed by atoms with Crippen molar-refractivity contribution in [1.82, 2.24) is 24.5 Å². The van der Waals surface area contributed by atoms with Crippen molar-refractivity contribution in [3.05, 3.63) is 58.2 Å². The molecule has 2 amide bonds. The van der Waals surface area contributed by atoms with Gasteiger partial charge in [-0.1, -0.05) is 29.3 Å². The summed E-state index contributed by atoms with van der Waals surface area (Å²) in [4.78, 5) is 31.1. The SMILES string of the molecule is Cn1ncc(Cl)c1C(=O)N(C(=O)c1c(Cl)cnn1C)c1ccccn1. The highest BCUT2D eigenvalue weighted by Gasteiger charge is 2.33. The molecule has 0 spiro atoms. The zero-order valence-corrected chi connectivity index (χ0v) is 14.7. The number of carbonyl (C=O) groups excluding carboxylic acids is 2. The average Bonchev–Trinajstić information content (AvgIpc) is 3.10. The lowest BCUT2D eigenvalue weighted by atomic mass is 10.2. The third-order valence-electron chi connectivity index (χ3n) is 3.48.